The highest BCUT2D eigenvalue weighted by Gasteiger charge is 2.47. The van der Waals surface area contributed by atoms with E-state index in [4.69, 9.17) is 21.3 Å². The minimum absolute atomic E-state index is 0.0192. The van der Waals surface area contributed by atoms with Crippen LogP contribution in [0.4, 0.5) is 0 Å². The first-order chi connectivity index (χ1) is 12.3. The third-order valence-electron chi connectivity index (χ3n) is 4.66. The van der Waals surface area contributed by atoms with Crippen LogP contribution in [0, 0.1) is 11.3 Å². The fourth-order valence-electron chi connectivity index (χ4n) is 3.07. The molecule has 0 aliphatic carbocycles. The van der Waals surface area contributed by atoms with Crippen molar-refractivity contribution in [1.29, 1.82) is 0 Å². The molecule has 0 aliphatic heterocycles. The van der Waals surface area contributed by atoms with Gasteiger partial charge in [0.25, 0.3) is 0 Å². The van der Waals surface area contributed by atoms with Gasteiger partial charge in [0.05, 0.1) is 13.1 Å². The number of carbonyl (C=O) groups excluding carboxylic acids is 3. The number of ketones is 1. The highest BCUT2D eigenvalue weighted by molar-refractivity contribution is 6.07. The SMILES string of the molecule is CCCCC(CC)CC(CCCC(=O)O)(C(=O)CN)C(=O)OC(=O)CN. The third-order valence-corrected chi connectivity index (χ3v) is 4.66. The Morgan fingerprint density at radius 3 is 2.19 bits per heavy atom. The Hall–Kier alpha value is -1.80. The molecule has 0 aromatic carbocycles. The van der Waals surface area contributed by atoms with Crippen molar-refractivity contribution in [1.82, 2.24) is 0 Å². The molecular weight excluding hydrogens is 340 g/mol. The van der Waals surface area contributed by atoms with Crippen LogP contribution in [0.3, 0.4) is 0 Å². The van der Waals surface area contributed by atoms with Gasteiger partial charge in [-0.25, -0.2) is 0 Å². The Bertz CT molecular complexity index is 494. The van der Waals surface area contributed by atoms with E-state index in [1.165, 1.54) is 0 Å². The van der Waals surface area contributed by atoms with E-state index in [0.29, 0.717) is 0 Å². The van der Waals surface area contributed by atoms with Crippen LogP contribution in [0.15, 0.2) is 0 Å². The largest absolute Gasteiger partial charge is 0.481 e. The average Bonchev–Trinajstić information content (AvgIpc) is 2.62. The number of carboxylic acids is 1. The Kier molecular flexibility index (Phi) is 11.7. The summed E-state index contributed by atoms with van der Waals surface area (Å²) in [6.07, 6.45) is 3.58. The van der Waals surface area contributed by atoms with Gasteiger partial charge in [-0.15, -0.1) is 0 Å². The molecule has 2 unspecified atom stereocenters. The van der Waals surface area contributed by atoms with E-state index in [1.807, 2.05) is 13.8 Å². The standard InChI is InChI=1S/C18H32N2O6/c1-3-5-7-13(4-2)10-18(14(21)11-19,9-6-8-15(22)23)17(25)26-16(24)12-20/h13H,3-12,19-20H2,1-2H3,(H,22,23). The summed E-state index contributed by atoms with van der Waals surface area (Å²) in [6.45, 7) is 3.14. The quantitative estimate of drug-likeness (QED) is 0.306. The molecule has 0 bridgehead atoms. The summed E-state index contributed by atoms with van der Waals surface area (Å²) in [6, 6.07) is 0. The maximum absolute atomic E-state index is 12.7. The zero-order valence-corrected chi connectivity index (χ0v) is 15.8. The second kappa shape index (κ2) is 12.5. The van der Waals surface area contributed by atoms with Crippen LogP contribution < -0.4 is 11.5 Å². The van der Waals surface area contributed by atoms with E-state index in [0.717, 1.165) is 25.7 Å². The van der Waals surface area contributed by atoms with Gasteiger partial charge in [0.15, 0.2) is 5.78 Å². The molecule has 0 saturated carbocycles. The first-order valence-corrected chi connectivity index (χ1v) is 9.17. The molecule has 5 N–H and O–H groups in total. The molecule has 0 radical (unpaired) electrons. The summed E-state index contributed by atoms with van der Waals surface area (Å²) < 4.78 is 4.77. The number of nitrogens with two attached hydrogens (primary N) is 2. The van der Waals surface area contributed by atoms with E-state index in [9.17, 15) is 19.2 Å². The topological polar surface area (TPSA) is 150 Å². The average molecular weight is 372 g/mol. The van der Waals surface area contributed by atoms with Crippen molar-refractivity contribution in [2.75, 3.05) is 13.1 Å². The lowest BCUT2D eigenvalue weighted by molar-refractivity contribution is -0.170. The minimum Gasteiger partial charge on any atom is -0.481 e. The number of ether oxygens (including phenoxy) is 1. The Morgan fingerprint density at radius 2 is 1.73 bits per heavy atom. The van der Waals surface area contributed by atoms with Crippen LogP contribution in [-0.2, 0) is 23.9 Å². The monoisotopic (exact) mass is 372 g/mol. The van der Waals surface area contributed by atoms with E-state index in [1.54, 1.807) is 0 Å². The predicted octanol–water partition coefficient (Wildman–Crippen LogP) is 1.39. The molecule has 0 fully saturated rings. The molecule has 150 valence electrons. The van der Waals surface area contributed by atoms with E-state index < -0.39 is 35.7 Å². The van der Waals surface area contributed by atoms with E-state index in [2.05, 4.69) is 0 Å². The zero-order chi connectivity index (χ0) is 20.2. The van der Waals surface area contributed by atoms with Gasteiger partial charge in [0, 0.05) is 6.42 Å². The third kappa shape index (κ3) is 7.61. The lowest BCUT2D eigenvalue weighted by Crippen LogP contribution is -2.46. The van der Waals surface area contributed by atoms with Gasteiger partial charge in [0.2, 0.25) is 0 Å². The molecule has 0 saturated heterocycles. The number of esters is 2. The highest BCUT2D eigenvalue weighted by Crippen LogP contribution is 2.38. The molecule has 0 heterocycles. The van der Waals surface area contributed by atoms with Gasteiger partial charge < -0.3 is 21.3 Å². The number of hydrogen-bond donors (Lipinski definition) is 3. The van der Waals surface area contributed by atoms with Crippen molar-refractivity contribution in [3.63, 3.8) is 0 Å². The molecule has 0 rings (SSSR count). The number of Topliss-reactive ketones (excluding diaryl/α,β-unsaturated/α-hetero) is 1. The number of hydrogen-bond acceptors (Lipinski definition) is 7. The Morgan fingerprint density at radius 1 is 1.08 bits per heavy atom. The van der Waals surface area contributed by atoms with Crippen LogP contribution in [0.25, 0.3) is 0 Å². The van der Waals surface area contributed by atoms with Crippen molar-refractivity contribution in [3.05, 3.63) is 0 Å². The van der Waals surface area contributed by atoms with Gasteiger partial charge in [-0.1, -0.05) is 39.5 Å². The van der Waals surface area contributed by atoms with Crippen molar-refractivity contribution >= 4 is 23.7 Å². The van der Waals surface area contributed by atoms with Crippen molar-refractivity contribution in [3.8, 4) is 0 Å². The summed E-state index contributed by atoms with van der Waals surface area (Å²) in [5, 5.41) is 8.88. The van der Waals surface area contributed by atoms with Gasteiger partial charge in [-0.2, -0.15) is 0 Å². The smallest absolute Gasteiger partial charge is 0.327 e. The lowest BCUT2D eigenvalue weighted by atomic mass is 9.70. The lowest BCUT2D eigenvalue weighted by Gasteiger charge is -2.32. The molecule has 0 aromatic heterocycles. The maximum atomic E-state index is 12.7. The summed E-state index contributed by atoms with van der Waals surface area (Å²) >= 11 is 0. The summed E-state index contributed by atoms with van der Waals surface area (Å²) in [7, 11) is 0. The molecule has 0 aliphatic rings. The predicted molar refractivity (Wildman–Crippen MR) is 96.1 cm³/mol. The maximum Gasteiger partial charge on any atom is 0.327 e. The molecular formula is C18H32N2O6. The molecule has 8 nitrogen and oxygen atoms in total. The second-order valence-corrected chi connectivity index (χ2v) is 6.54. The normalized spacial score (nSPS) is 14.3. The van der Waals surface area contributed by atoms with Gasteiger partial charge in [-0.3, -0.25) is 19.2 Å². The fourth-order valence-corrected chi connectivity index (χ4v) is 3.07. The fraction of sp³-hybridized carbons (Fsp3) is 0.778. The summed E-state index contributed by atoms with van der Waals surface area (Å²) in [4.78, 5) is 47.7. The van der Waals surface area contributed by atoms with Crippen molar-refractivity contribution < 1.29 is 29.0 Å². The van der Waals surface area contributed by atoms with Crippen molar-refractivity contribution in [2.24, 2.45) is 22.8 Å². The van der Waals surface area contributed by atoms with Gasteiger partial charge in [-0.05, 0) is 25.2 Å². The van der Waals surface area contributed by atoms with Crippen LogP contribution in [0.2, 0.25) is 0 Å². The highest BCUT2D eigenvalue weighted by atomic mass is 16.6. The first-order valence-electron chi connectivity index (χ1n) is 9.17. The number of unbranched alkanes of at least 4 members (excludes halogenated alkanes) is 1. The van der Waals surface area contributed by atoms with E-state index >= 15 is 0 Å². The zero-order valence-electron chi connectivity index (χ0n) is 15.8. The molecule has 8 heteroatoms. The Balaban J connectivity index is 5.68. The number of aliphatic carboxylic acids is 1. The van der Waals surface area contributed by atoms with Crippen LogP contribution in [-0.4, -0.2) is 41.9 Å². The van der Waals surface area contributed by atoms with Crippen LogP contribution in [0.1, 0.15) is 65.2 Å². The molecule has 0 spiro atoms. The molecule has 0 aromatic rings. The number of carboxylic acid groups (broad SMARTS) is 1. The van der Waals surface area contributed by atoms with Gasteiger partial charge >= 0.3 is 17.9 Å². The Labute approximate surface area is 154 Å². The molecule has 26 heavy (non-hydrogen) atoms. The number of rotatable bonds is 14. The molecule has 0 amide bonds. The van der Waals surface area contributed by atoms with Crippen molar-refractivity contribution in [2.45, 2.75) is 65.2 Å². The summed E-state index contributed by atoms with van der Waals surface area (Å²) in [5.74, 6) is -3.39. The second-order valence-electron chi connectivity index (χ2n) is 6.54. The van der Waals surface area contributed by atoms with Gasteiger partial charge in [0.1, 0.15) is 5.41 Å². The molecule has 2 atom stereocenters. The van der Waals surface area contributed by atoms with E-state index in [-0.39, 0.29) is 38.1 Å². The summed E-state index contributed by atoms with van der Waals surface area (Å²) in [5.41, 5.74) is 9.11. The first kappa shape index (κ1) is 24.2. The van der Waals surface area contributed by atoms with Crippen LogP contribution >= 0.6 is 0 Å². The number of carbonyl (C=O) groups is 4. The minimum atomic E-state index is -1.61. The van der Waals surface area contributed by atoms with Crippen LogP contribution in [0.5, 0.6) is 0 Å².